The second-order valence-electron chi connectivity index (χ2n) is 5.10. The second kappa shape index (κ2) is 8.30. The van der Waals surface area contributed by atoms with Gasteiger partial charge in [-0.3, -0.25) is 0 Å². The number of hydrogen-bond acceptors (Lipinski definition) is 2. The van der Waals surface area contributed by atoms with Gasteiger partial charge < -0.3 is 4.84 Å². The zero-order valence-electron chi connectivity index (χ0n) is 13.0. The topological polar surface area (TPSA) is 21.6 Å². The average Bonchev–Trinajstić information content (AvgIpc) is 2.53. The fraction of sp³-hybridized carbons (Fsp3) is 0.235. The monoisotopic (exact) mass is 409 g/mol. The number of benzene rings is 2. The molecule has 0 aliphatic rings. The lowest BCUT2D eigenvalue weighted by Crippen LogP contribution is -2.13. The van der Waals surface area contributed by atoms with Crippen molar-refractivity contribution < 1.29 is 18.0 Å². The molecule has 25 heavy (non-hydrogen) atoms. The van der Waals surface area contributed by atoms with Crippen molar-refractivity contribution in [1.82, 2.24) is 0 Å². The first-order valence-corrected chi connectivity index (χ1v) is 8.35. The first-order valence-electron chi connectivity index (χ1n) is 7.22. The number of alkyl halides is 3. The zero-order chi connectivity index (χ0) is 18.6. The van der Waals surface area contributed by atoms with E-state index in [0.717, 1.165) is 6.07 Å². The molecule has 2 rings (SSSR count). The Bertz CT molecular complexity index is 791. The second-order valence-corrected chi connectivity index (χ2v) is 6.35. The molecule has 0 radical (unpaired) electrons. The Labute approximate surface area is 158 Å². The summed E-state index contributed by atoms with van der Waals surface area (Å²) in [4.78, 5) is 5.21. The molecule has 0 unspecified atom stereocenters. The largest absolute Gasteiger partial charge is 0.417 e. The minimum atomic E-state index is -4.51. The van der Waals surface area contributed by atoms with Crippen molar-refractivity contribution in [2.24, 2.45) is 5.16 Å². The Hall–Kier alpha value is -1.43. The van der Waals surface area contributed by atoms with E-state index in [2.05, 4.69) is 5.16 Å². The van der Waals surface area contributed by atoms with E-state index in [4.69, 9.17) is 39.6 Å². The molecule has 8 heteroatoms. The molecular weight excluding hydrogens is 398 g/mol. The minimum absolute atomic E-state index is 0.0440. The quantitative estimate of drug-likeness (QED) is 0.384. The molecule has 0 N–H and O–H groups in total. The van der Waals surface area contributed by atoms with Gasteiger partial charge in [-0.25, -0.2) is 0 Å². The van der Waals surface area contributed by atoms with Crippen LogP contribution >= 0.6 is 34.8 Å². The molecule has 2 aromatic carbocycles. The van der Waals surface area contributed by atoms with Gasteiger partial charge >= 0.3 is 6.18 Å². The van der Waals surface area contributed by atoms with Crippen LogP contribution in [0.15, 0.2) is 41.6 Å². The van der Waals surface area contributed by atoms with Crippen LogP contribution in [0.5, 0.6) is 0 Å². The number of hydrogen-bond donors (Lipinski definition) is 0. The van der Waals surface area contributed by atoms with Gasteiger partial charge in [-0.15, -0.1) is 0 Å². The highest BCUT2D eigenvalue weighted by Crippen LogP contribution is 2.34. The number of nitrogens with zero attached hydrogens (tertiary/aromatic N) is 1. The van der Waals surface area contributed by atoms with E-state index >= 15 is 0 Å². The predicted octanol–water partition coefficient (Wildman–Crippen LogP) is 7.00. The van der Waals surface area contributed by atoms with Crippen LogP contribution in [0, 0.1) is 0 Å². The van der Waals surface area contributed by atoms with Crippen molar-refractivity contribution in [3.05, 3.63) is 68.2 Å². The molecule has 0 saturated heterocycles. The Kier molecular flexibility index (Phi) is 6.60. The third-order valence-corrected chi connectivity index (χ3v) is 4.30. The third kappa shape index (κ3) is 5.27. The Morgan fingerprint density at radius 1 is 1.04 bits per heavy atom. The summed E-state index contributed by atoms with van der Waals surface area (Å²) in [5.74, 6) is 0. The highest BCUT2D eigenvalue weighted by molar-refractivity contribution is 6.42. The number of rotatable bonds is 5. The summed E-state index contributed by atoms with van der Waals surface area (Å²) in [6.07, 6.45) is -4.27. The highest BCUT2D eigenvalue weighted by Gasteiger charge is 2.34. The van der Waals surface area contributed by atoms with Gasteiger partial charge in [-0.2, -0.15) is 13.2 Å². The fourth-order valence-corrected chi connectivity index (χ4v) is 2.61. The molecule has 0 aromatic heterocycles. The van der Waals surface area contributed by atoms with Gasteiger partial charge in [-0.1, -0.05) is 52.9 Å². The van der Waals surface area contributed by atoms with Crippen LogP contribution in [0.25, 0.3) is 0 Å². The Morgan fingerprint density at radius 2 is 1.76 bits per heavy atom. The van der Waals surface area contributed by atoms with Crippen LogP contribution in [-0.4, -0.2) is 5.71 Å². The van der Waals surface area contributed by atoms with Crippen molar-refractivity contribution in [1.29, 1.82) is 0 Å². The predicted molar refractivity (Wildman–Crippen MR) is 94.5 cm³/mol. The third-order valence-electron chi connectivity index (χ3n) is 3.32. The molecule has 134 valence electrons. The summed E-state index contributed by atoms with van der Waals surface area (Å²) >= 11 is 17.6. The van der Waals surface area contributed by atoms with E-state index in [1.165, 1.54) is 12.1 Å². The number of halogens is 6. The molecule has 2 aromatic rings. The fourth-order valence-electron chi connectivity index (χ4n) is 2.12. The molecule has 0 saturated carbocycles. The molecule has 0 bridgehead atoms. The van der Waals surface area contributed by atoms with E-state index in [0.29, 0.717) is 15.6 Å². The molecular formula is C17H13Cl3F3NO. The van der Waals surface area contributed by atoms with E-state index in [1.54, 1.807) is 25.1 Å². The van der Waals surface area contributed by atoms with Crippen molar-refractivity contribution >= 4 is 40.5 Å². The molecule has 0 spiro atoms. The molecule has 0 amide bonds. The maximum absolute atomic E-state index is 13.2. The summed E-state index contributed by atoms with van der Waals surface area (Å²) in [7, 11) is 0. The highest BCUT2D eigenvalue weighted by atomic mass is 35.5. The van der Waals surface area contributed by atoms with Crippen LogP contribution in [0.2, 0.25) is 15.1 Å². The molecule has 0 heterocycles. The lowest BCUT2D eigenvalue weighted by atomic mass is 10.0. The van der Waals surface area contributed by atoms with Gasteiger partial charge in [0.25, 0.3) is 0 Å². The van der Waals surface area contributed by atoms with Crippen LogP contribution in [0.4, 0.5) is 13.2 Å². The zero-order valence-corrected chi connectivity index (χ0v) is 15.3. The van der Waals surface area contributed by atoms with E-state index in [1.807, 2.05) is 0 Å². The summed E-state index contributed by atoms with van der Waals surface area (Å²) in [6, 6.07) is 8.25. The smallest absolute Gasteiger partial charge is 0.391 e. The Morgan fingerprint density at radius 3 is 2.36 bits per heavy atom. The maximum atomic E-state index is 13.2. The van der Waals surface area contributed by atoms with E-state index in [9.17, 15) is 13.2 Å². The molecule has 0 aliphatic carbocycles. The van der Waals surface area contributed by atoms with Gasteiger partial charge in [0.2, 0.25) is 0 Å². The normalized spacial score (nSPS) is 12.4. The summed E-state index contributed by atoms with van der Waals surface area (Å²) in [5.41, 5.74) is -0.0714. The van der Waals surface area contributed by atoms with Crippen molar-refractivity contribution in [2.75, 3.05) is 0 Å². The van der Waals surface area contributed by atoms with Crippen molar-refractivity contribution in [3.63, 3.8) is 0 Å². The van der Waals surface area contributed by atoms with Crippen LogP contribution < -0.4 is 0 Å². The van der Waals surface area contributed by atoms with Gasteiger partial charge in [0.05, 0.1) is 21.3 Å². The molecule has 0 fully saturated rings. The molecule has 0 aliphatic heterocycles. The number of oxime groups is 1. The van der Waals surface area contributed by atoms with Gasteiger partial charge in [0.15, 0.2) is 0 Å². The minimum Gasteiger partial charge on any atom is -0.391 e. The van der Waals surface area contributed by atoms with Gasteiger partial charge in [0, 0.05) is 10.6 Å². The Balaban J connectivity index is 2.25. The SMILES string of the molecule is CC/C(=N\OCc1ccc(Cl)c(Cl)c1)c1cc(Cl)ccc1C(F)(F)F. The van der Waals surface area contributed by atoms with Gasteiger partial charge in [0.1, 0.15) is 6.61 Å². The average molecular weight is 411 g/mol. The van der Waals surface area contributed by atoms with E-state index < -0.39 is 11.7 Å². The maximum Gasteiger partial charge on any atom is 0.417 e. The first kappa shape index (κ1) is 19.9. The lowest BCUT2D eigenvalue weighted by molar-refractivity contribution is -0.137. The standard InChI is InChI=1S/C17H13Cl3F3NO/c1-2-16(12-8-11(18)4-5-13(12)17(21,22)23)24-25-9-10-3-6-14(19)15(20)7-10/h3-8H,2,9H2,1H3/b24-16+. The summed E-state index contributed by atoms with van der Waals surface area (Å²) in [6.45, 7) is 1.73. The molecule has 2 nitrogen and oxygen atoms in total. The molecule has 0 atom stereocenters. The van der Waals surface area contributed by atoms with Crippen molar-refractivity contribution in [2.45, 2.75) is 26.1 Å². The van der Waals surface area contributed by atoms with Crippen LogP contribution in [-0.2, 0) is 17.6 Å². The summed E-state index contributed by atoms with van der Waals surface area (Å²) in [5, 5.41) is 4.80. The van der Waals surface area contributed by atoms with Crippen LogP contribution in [0.3, 0.4) is 0 Å². The van der Waals surface area contributed by atoms with Crippen LogP contribution in [0.1, 0.15) is 30.0 Å². The van der Waals surface area contributed by atoms with Gasteiger partial charge in [-0.05, 0) is 42.3 Å². The first-order chi connectivity index (χ1) is 11.7. The van der Waals surface area contributed by atoms with E-state index in [-0.39, 0.29) is 29.3 Å². The van der Waals surface area contributed by atoms with Crippen molar-refractivity contribution in [3.8, 4) is 0 Å². The summed E-state index contributed by atoms with van der Waals surface area (Å²) < 4.78 is 39.5. The lowest BCUT2D eigenvalue weighted by Gasteiger charge is -2.14.